The van der Waals surface area contributed by atoms with Crippen LogP contribution in [0.3, 0.4) is 0 Å². The molecule has 3 aromatic rings. The molecular weight excluding hydrogens is 406 g/mol. The van der Waals surface area contributed by atoms with Gasteiger partial charge >= 0.3 is 6.09 Å². The average Bonchev–Trinajstić information content (AvgIpc) is 3.29. The molecule has 1 aliphatic heterocycles. The highest BCUT2D eigenvalue weighted by atomic mass is 16.4. The maximum absolute atomic E-state index is 12.5. The van der Waals surface area contributed by atoms with Crippen LogP contribution in [0.4, 0.5) is 21.9 Å². The summed E-state index contributed by atoms with van der Waals surface area (Å²) in [6.07, 6.45) is 3.16. The molecule has 1 fully saturated rings. The first-order valence-corrected chi connectivity index (χ1v) is 10.4. The number of hydrogen-bond donors (Lipinski definition) is 3. The topological polar surface area (TPSA) is 112 Å². The Labute approximate surface area is 186 Å². The van der Waals surface area contributed by atoms with Gasteiger partial charge in [0.25, 0.3) is 5.91 Å². The Morgan fingerprint density at radius 2 is 1.91 bits per heavy atom. The van der Waals surface area contributed by atoms with Crippen LogP contribution in [-0.4, -0.2) is 46.1 Å². The van der Waals surface area contributed by atoms with Crippen molar-refractivity contribution in [3.8, 4) is 0 Å². The third-order valence-corrected chi connectivity index (χ3v) is 5.63. The number of para-hydroxylation sites is 2. The minimum Gasteiger partial charge on any atom is -0.465 e. The molecule has 1 atom stereocenters. The molecule has 8 nitrogen and oxygen atoms in total. The number of nitrogens with zero attached hydrogens (tertiary/aromatic N) is 3. The van der Waals surface area contributed by atoms with E-state index in [1.165, 1.54) is 4.90 Å². The SMILES string of the molecule is Nc1ccccc1NC(=O)c1ccc(N2CCC(N(Cc3cccnc3)C(=O)O)C2)cc1. The Balaban J connectivity index is 1.40. The standard InChI is InChI=1S/C24H25N5O3/c25-21-5-1-2-6-22(21)27-23(30)18-7-9-19(10-8-18)28-13-11-20(16-28)29(24(31)32)15-17-4-3-12-26-14-17/h1-10,12,14,20H,11,13,15-16,25H2,(H,27,30)(H,31,32). The van der Waals surface area contributed by atoms with Crippen molar-refractivity contribution in [2.75, 3.05) is 29.0 Å². The second kappa shape index (κ2) is 9.38. The second-order valence-electron chi connectivity index (χ2n) is 7.75. The second-order valence-corrected chi connectivity index (χ2v) is 7.75. The highest BCUT2D eigenvalue weighted by Crippen LogP contribution is 2.25. The number of benzene rings is 2. The zero-order valence-electron chi connectivity index (χ0n) is 17.5. The molecule has 2 amide bonds. The van der Waals surface area contributed by atoms with E-state index in [9.17, 15) is 14.7 Å². The van der Waals surface area contributed by atoms with E-state index < -0.39 is 6.09 Å². The molecule has 0 aliphatic carbocycles. The van der Waals surface area contributed by atoms with E-state index in [0.29, 0.717) is 30.0 Å². The number of carboxylic acid groups (broad SMARTS) is 1. The summed E-state index contributed by atoms with van der Waals surface area (Å²) >= 11 is 0. The van der Waals surface area contributed by atoms with E-state index in [1.807, 2.05) is 30.3 Å². The fourth-order valence-corrected chi connectivity index (χ4v) is 3.90. The van der Waals surface area contributed by atoms with Gasteiger partial charge in [-0.1, -0.05) is 18.2 Å². The van der Waals surface area contributed by atoms with Crippen molar-refractivity contribution in [1.29, 1.82) is 0 Å². The molecule has 4 rings (SSSR count). The van der Waals surface area contributed by atoms with Gasteiger partial charge in [0.05, 0.1) is 24.0 Å². The van der Waals surface area contributed by atoms with Crippen LogP contribution in [0, 0.1) is 0 Å². The first-order chi connectivity index (χ1) is 15.5. The lowest BCUT2D eigenvalue weighted by Gasteiger charge is -2.27. The van der Waals surface area contributed by atoms with Crippen molar-refractivity contribution < 1.29 is 14.7 Å². The Hall–Kier alpha value is -4.07. The summed E-state index contributed by atoms with van der Waals surface area (Å²) in [6, 6.07) is 18.0. The van der Waals surface area contributed by atoms with Crippen LogP contribution in [0.15, 0.2) is 73.1 Å². The summed E-state index contributed by atoms with van der Waals surface area (Å²) in [5.74, 6) is -0.234. The highest BCUT2D eigenvalue weighted by molar-refractivity contribution is 6.05. The lowest BCUT2D eigenvalue weighted by Crippen LogP contribution is -2.40. The molecule has 164 valence electrons. The molecule has 2 aromatic carbocycles. The molecule has 1 aromatic heterocycles. The molecule has 1 aliphatic rings. The van der Waals surface area contributed by atoms with Gasteiger partial charge in [-0.3, -0.25) is 14.7 Å². The normalized spacial score (nSPS) is 15.4. The number of anilines is 3. The summed E-state index contributed by atoms with van der Waals surface area (Å²) in [4.78, 5) is 32.1. The number of carbonyl (C=O) groups excluding carboxylic acids is 1. The van der Waals surface area contributed by atoms with Gasteiger partial charge in [-0.15, -0.1) is 0 Å². The third kappa shape index (κ3) is 4.80. The van der Waals surface area contributed by atoms with Crippen molar-refractivity contribution in [3.05, 3.63) is 84.2 Å². The average molecular weight is 431 g/mol. The number of rotatable bonds is 6. The summed E-state index contributed by atoms with van der Waals surface area (Å²) in [7, 11) is 0. The van der Waals surface area contributed by atoms with E-state index in [4.69, 9.17) is 5.73 Å². The number of nitrogens with one attached hydrogen (secondary N) is 1. The first-order valence-electron chi connectivity index (χ1n) is 10.4. The summed E-state index contributed by atoms with van der Waals surface area (Å²) < 4.78 is 0. The van der Waals surface area contributed by atoms with E-state index in [1.54, 1.807) is 42.7 Å². The molecule has 0 spiro atoms. The number of aromatic nitrogens is 1. The Bertz CT molecular complexity index is 1090. The van der Waals surface area contributed by atoms with Crippen molar-refractivity contribution in [2.24, 2.45) is 0 Å². The van der Waals surface area contributed by atoms with Crippen LogP contribution in [-0.2, 0) is 6.54 Å². The van der Waals surface area contributed by atoms with Crippen LogP contribution in [0.2, 0.25) is 0 Å². The fraction of sp³-hybridized carbons (Fsp3) is 0.208. The van der Waals surface area contributed by atoms with Crippen LogP contribution in [0.25, 0.3) is 0 Å². The molecule has 2 heterocycles. The molecule has 4 N–H and O–H groups in total. The zero-order chi connectivity index (χ0) is 22.5. The number of pyridine rings is 1. The molecule has 8 heteroatoms. The van der Waals surface area contributed by atoms with Crippen LogP contribution in [0.1, 0.15) is 22.3 Å². The Morgan fingerprint density at radius 1 is 1.12 bits per heavy atom. The van der Waals surface area contributed by atoms with Gasteiger partial charge in [0.2, 0.25) is 0 Å². The smallest absolute Gasteiger partial charge is 0.407 e. The largest absolute Gasteiger partial charge is 0.465 e. The maximum Gasteiger partial charge on any atom is 0.407 e. The Morgan fingerprint density at radius 3 is 2.59 bits per heavy atom. The van der Waals surface area contributed by atoms with Gasteiger partial charge in [-0.2, -0.15) is 0 Å². The van der Waals surface area contributed by atoms with Gasteiger partial charge in [-0.25, -0.2) is 4.79 Å². The van der Waals surface area contributed by atoms with Gasteiger partial charge in [0.15, 0.2) is 0 Å². The highest BCUT2D eigenvalue weighted by Gasteiger charge is 2.31. The molecule has 1 saturated heterocycles. The maximum atomic E-state index is 12.5. The van der Waals surface area contributed by atoms with Crippen molar-refractivity contribution in [2.45, 2.75) is 19.0 Å². The monoisotopic (exact) mass is 431 g/mol. The summed E-state index contributed by atoms with van der Waals surface area (Å²) in [5, 5.41) is 12.5. The number of amides is 2. The summed E-state index contributed by atoms with van der Waals surface area (Å²) in [5.41, 5.74) is 9.32. The van der Waals surface area contributed by atoms with Gasteiger partial charge in [0, 0.05) is 36.7 Å². The van der Waals surface area contributed by atoms with Gasteiger partial charge in [0.1, 0.15) is 0 Å². The van der Waals surface area contributed by atoms with E-state index >= 15 is 0 Å². The van der Waals surface area contributed by atoms with E-state index in [-0.39, 0.29) is 11.9 Å². The number of nitrogens with two attached hydrogens (primary N) is 1. The van der Waals surface area contributed by atoms with E-state index in [0.717, 1.165) is 24.2 Å². The first kappa shape index (κ1) is 21.2. The lowest BCUT2D eigenvalue weighted by molar-refractivity contribution is 0.102. The van der Waals surface area contributed by atoms with Crippen molar-refractivity contribution in [1.82, 2.24) is 9.88 Å². The Kier molecular flexibility index (Phi) is 6.21. The fourth-order valence-electron chi connectivity index (χ4n) is 3.90. The van der Waals surface area contributed by atoms with E-state index in [2.05, 4.69) is 15.2 Å². The molecule has 32 heavy (non-hydrogen) atoms. The molecule has 0 saturated carbocycles. The van der Waals surface area contributed by atoms with Crippen LogP contribution < -0.4 is 16.0 Å². The predicted molar refractivity (Wildman–Crippen MR) is 124 cm³/mol. The van der Waals surface area contributed by atoms with Crippen molar-refractivity contribution >= 4 is 29.1 Å². The molecule has 0 radical (unpaired) electrons. The van der Waals surface area contributed by atoms with Gasteiger partial charge in [-0.05, 0) is 54.4 Å². The number of hydrogen-bond acceptors (Lipinski definition) is 5. The number of nitrogen functional groups attached to an aromatic ring is 1. The minimum atomic E-state index is -0.937. The van der Waals surface area contributed by atoms with Crippen LogP contribution >= 0.6 is 0 Å². The number of carbonyl (C=O) groups is 2. The summed E-state index contributed by atoms with van der Waals surface area (Å²) in [6.45, 7) is 1.65. The zero-order valence-corrected chi connectivity index (χ0v) is 17.5. The third-order valence-electron chi connectivity index (χ3n) is 5.63. The predicted octanol–water partition coefficient (Wildman–Crippen LogP) is 3.68. The van der Waals surface area contributed by atoms with Crippen LogP contribution in [0.5, 0.6) is 0 Å². The minimum absolute atomic E-state index is 0.114. The van der Waals surface area contributed by atoms with Gasteiger partial charge < -0.3 is 21.1 Å². The lowest BCUT2D eigenvalue weighted by atomic mass is 10.1. The quantitative estimate of drug-likeness (QED) is 0.514. The van der Waals surface area contributed by atoms with Crippen molar-refractivity contribution in [3.63, 3.8) is 0 Å². The molecular formula is C24H25N5O3. The molecule has 1 unspecified atom stereocenters. The molecule has 0 bridgehead atoms.